The number of methoxy groups -OCH3 is 2. The van der Waals surface area contributed by atoms with Crippen molar-refractivity contribution in [3.63, 3.8) is 0 Å². The van der Waals surface area contributed by atoms with Gasteiger partial charge in [0.15, 0.2) is 0 Å². The molecule has 0 aliphatic rings. The van der Waals surface area contributed by atoms with Crippen molar-refractivity contribution < 1.29 is 26.3 Å². The monoisotopic (exact) mass is 494 g/mol. The molecule has 0 aromatic heterocycles. The molecule has 2 N–H and O–H groups in total. The van der Waals surface area contributed by atoms with Crippen LogP contribution in [-0.4, -0.2) is 37.3 Å². The standard InChI is InChI=1S/C21H22N2O6S3/c1-28-16-6-13-21(29-2)20(14-16)23-32(26,27)18-9-4-15(5-10-18)22-31(24,25)19-11-7-17(30-3)8-12-19/h4-14,22-23H,1-3H3. The summed E-state index contributed by atoms with van der Waals surface area (Å²) in [4.78, 5) is 1.01. The highest BCUT2D eigenvalue weighted by Gasteiger charge is 2.19. The maximum Gasteiger partial charge on any atom is 0.262 e. The van der Waals surface area contributed by atoms with Crippen LogP contribution < -0.4 is 18.9 Å². The molecule has 0 radical (unpaired) electrons. The molecule has 0 saturated carbocycles. The van der Waals surface area contributed by atoms with Gasteiger partial charge in [-0.15, -0.1) is 11.8 Å². The fraction of sp³-hybridized carbons (Fsp3) is 0.143. The molecule has 0 spiro atoms. The Bertz CT molecular complexity index is 1290. The van der Waals surface area contributed by atoms with Crippen LogP contribution in [0.25, 0.3) is 0 Å². The van der Waals surface area contributed by atoms with Crippen molar-refractivity contribution in [2.45, 2.75) is 14.7 Å². The number of hydrogen-bond acceptors (Lipinski definition) is 7. The lowest BCUT2D eigenvalue weighted by Crippen LogP contribution is -2.15. The summed E-state index contributed by atoms with van der Waals surface area (Å²) >= 11 is 1.51. The molecule has 0 bridgehead atoms. The summed E-state index contributed by atoms with van der Waals surface area (Å²) in [7, 11) is -4.87. The fourth-order valence-corrected chi connectivity index (χ4v) is 5.30. The third-order valence-electron chi connectivity index (χ3n) is 4.44. The Kier molecular flexibility index (Phi) is 7.22. The summed E-state index contributed by atoms with van der Waals surface area (Å²) in [5.41, 5.74) is 0.446. The average Bonchev–Trinajstić information content (AvgIpc) is 2.79. The highest BCUT2D eigenvalue weighted by molar-refractivity contribution is 7.98. The topological polar surface area (TPSA) is 111 Å². The van der Waals surface area contributed by atoms with Crippen molar-refractivity contribution in [3.8, 4) is 11.5 Å². The van der Waals surface area contributed by atoms with Gasteiger partial charge < -0.3 is 9.47 Å². The lowest BCUT2D eigenvalue weighted by Gasteiger charge is -2.14. The Balaban J connectivity index is 1.80. The molecule has 11 heteroatoms. The van der Waals surface area contributed by atoms with Crippen LogP contribution in [0.5, 0.6) is 11.5 Å². The van der Waals surface area contributed by atoms with Gasteiger partial charge in [0.1, 0.15) is 11.5 Å². The van der Waals surface area contributed by atoms with Crippen LogP contribution in [0.1, 0.15) is 0 Å². The van der Waals surface area contributed by atoms with E-state index in [1.807, 2.05) is 6.26 Å². The molecule has 0 saturated heterocycles. The van der Waals surface area contributed by atoms with E-state index in [0.717, 1.165) is 4.90 Å². The predicted octanol–water partition coefficient (Wildman–Crippen LogP) is 4.03. The minimum absolute atomic E-state index is 0.0466. The summed E-state index contributed by atoms with van der Waals surface area (Å²) in [5.74, 6) is 0.782. The summed E-state index contributed by atoms with van der Waals surface area (Å²) in [6.45, 7) is 0. The van der Waals surface area contributed by atoms with E-state index in [9.17, 15) is 16.8 Å². The summed E-state index contributed by atoms with van der Waals surface area (Å²) in [6.07, 6.45) is 1.90. The molecule has 3 aromatic rings. The first kappa shape index (κ1) is 23.8. The Hall–Kier alpha value is -2.89. The van der Waals surface area contributed by atoms with E-state index < -0.39 is 20.0 Å². The van der Waals surface area contributed by atoms with Crippen LogP contribution >= 0.6 is 11.8 Å². The van der Waals surface area contributed by atoms with Gasteiger partial charge in [0.05, 0.1) is 29.7 Å². The van der Waals surface area contributed by atoms with Gasteiger partial charge in [-0.3, -0.25) is 9.44 Å². The summed E-state index contributed by atoms with van der Waals surface area (Å²) < 4.78 is 66.0. The number of hydrogen-bond donors (Lipinski definition) is 2. The smallest absolute Gasteiger partial charge is 0.262 e. The number of ether oxygens (including phenoxy) is 2. The summed E-state index contributed by atoms with van der Waals surface area (Å²) in [6, 6.07) is 16.6. The van der Waals surface area contributed by atoms with E-state index in [1.165, 1.54) is 68.4 Å². The molecule has 3 rings (SSSR count). The number of sulfonamides is 2. The zero-order valence-corrected chi connectivity index (χ0v) is 20.0. The van der Waals surface area contributed by atoms with E-state index in [1.54, 1.807) is 24.3 Å². The number of anilines is 2. The lowest BCUT2D eigenvalue weighted by atomic mass is 10.3. The van der Waals surface area contributed by atoms with Gasteiger partial charge in [-0.1, -0.05) is 0 Å². The van der Waals surface area contributed by atoms with E-state index in [2.05, 4.69) is 9.44 Å². The molecule has 3 aromatic carbocycles. The Morgan fingerprint density at radius 2 is 1.28 bits per heavy atom. The molecular weight excluding hydrogens is 472 g/mol. The first-order valence-electron chi connectivity index (χ1n) is 9.20. The van der Waals surface area contributed by atoms with E-state index in [4.69, 9.17) is 9.47 Å². The highest BCUT2D eigenvalue weighted by Crippen LogP contribution is 2.31. The molecule has 0 unspecified atom stereocenters. The molecule has 0 aliphatic heterocycles. The molecule has 0 fully saturated rings. The maximum atomic E-state index is 12.8. The third kappa shape index (κ3) is 5.47. The van der Waals surface area contributed by atoms with Gasteiger partial charge in [-0.25, -0.2) is 16.8 Å². The minimum Gasteiger partial charge on any atom is -0.497 e. The van der Waals surface area contributed by atoms with E-state index >= 15 is 0 Å². The van der Waals surface area contributed by atoms with Gasteiger partial charge >= 0.3 is 0 Å². The molecular formula is C21H22N2O6S3. The van der Waals surface area contributed by atoms with Crippen LogP contribution in [0.2, 0.25) is 0 Å². The van der Waals surface area contributed by atoms with Crippen LogP contribution in [0.15, 0.2) is 81.4 Å². The molecule has 0 aliphatic carbocycles. The van der Waals surface area contributed by atoms with Crippen molar-refractivity contribution in [1.82, 2.24) is 0 Å². The minimum atomic E-state index is -3.96. The van der Waals surface area contributed by atoms with Crippen molar-refractivity contribution in [1.29, 1.82) is 0 Å². The van der Waals surface area contributed by atoms with Crippen molar-refractivity contribution in [2.75, 3.05) is 29.9 Å². The molecule has 8 nitrogen and oxygen atoms in total. The molecule has 32 heavy (non-hydrogen) atoms. The third-order valence-corrected chi connectivity index (χ3v) is 7.96. The lowest BCUT2D eigenvalue weighted by molar-refractivity contribution is 0.405. The van der Waals surface area contributed by atoms with Crippen molar-refractivity contribution in [3.05, 3.63) is 66.7 Å². The Morgan fingerprint density at radius 3 is 1.81 bits per heavy atom. The van der Waals surface area contributed by atoms with Gasteiger partial charge in [0, 0.05) is 16.6 Å². The normalized spacial score (nSPS) is 11.6. The number of rotatable bonds is 9. The van der Waals surface area contributed by atoms with E-state index in [0.29, 0.717) is 11.5 Å². The van der Waals surface area contributed by atoms with Crippen molar-refractivity contribution >= 4 is 43.2 Å². The first-order valence-corrected chi connectivity index (χ1v) is 13.4. The fourth-order valence-electron chi connectivity index (χ4n) is 2.77. The van der Waals surface area contributed by atoms with Crippen LogP contribution in [0.4, 0.5) is 11.4 Å². The van der Waals surface area contributed by atoms with Crippen molar-refractivity contribution in [2.24, 2.45) is 0 Å². The predicted molar refractivity (Wildman–Crippen MR) is 126 cm³/mol. The average molecular weight is 495 g/mol. The molecule has 170 valence electrons. The number of nitrogens with one attached hydrogen (secondary N) is 2. The zero-order chi connectivity index (χ0) is 23.4. The van der Waals surface area contributed by atoms with Gasteiger partial charge in [0.2, 0.25) is 0 Å². The summed E-state index contributed by atoms with van der Waals surface area (Å²) in [5, 5.41) is 0. The second-order valence-electron chi connectivity index (χ2n) is 6.48. The Labute approximate surface area is 192 Å². The van der Waals surface area contributed by atoms with Crippen LogP contribution in [0, 0.1) is 0 Å². The van der Waals surface area contributed by atoms with Gasteiger partial charge in [-0.05, 0) is 66.9 Å². The molecule has 0 atom stereocenters. The quantitative estimate of drug-likeness (QED) is 0.432. The maximum absolute atomic E-state index is 12.8. The Morgan fingerprint density at radius 1 is 0.719 bits per heavy atom. The first-order chi connectivity index (χ1) is 15.2. The largest absolute Gasteiger partial charge is 0.497 e. The molecule has 0 heterocycles. The van der Waals surface area contributed by atoms with Gasteiger partial charge in [0.25, 0.3) is 20.0 Å². The number of thioether (sulfide) groups is 1. The number of benzene rings is 3. The SMILES string of the molecule is COc1ccc(OC)c(NS(=O)(=O)c2ccc(NS(=O)(=O)c3ccc(SC)cc3)cc2)c1. The second kappa shape index (κ2) is 9.72. The zero-order valence-electron chi connectivity index (χ0n) is 17.5. The van der Waals surface area contributed by atoms with Crippen LogP contribution in [-0.2, 0) is 20.0 Å². The molecule has 0 amide bonds. The van der Waals surface area contributed by atoms with Gasteiger partial charge in [-0.2, -0.15) is 0 Å². The van der Waals surface area contributed by atoms with E-state index in [-0.39, 0.29) is 21.2 Å². The highest BCUT2D eigenvalue weighted by atomic mass is 32.2. The second-order valence-corrected chi connectivity index (χ2v) is 10.7. The van der Waals surface area contributed by atoms with Crippen LogP contribution in [0.3, 0.4) is 0 Å².